The van der Waals surface area contributed by atoms with E-state index in [-0.39, 0.29) is 17.6 Å². The highest BCUT2D eigenvalue weighted by molar-refractivity contribution is 6.04. The number of hydrogen-bond donors (Lipinski definition) is 2. The molecule has 23 heavy (non-hydrogen) atoms. The second-order valence-electron chi connectivity index (χ2n) is 5.16. The number of pyridine rings is 1. The molecule has 3 aromatic rings. The molecule has 6 heteroatoms. The Morgan fingerprint density at radius 3 is 2.30 bits per heavy atom. The Kier molecular flexibility index (Phi) is 3.80. The van der Waals surface area contributed by atoms with Crippen molar-refractivity contribution in [2.75, 3.05) is 10.6 Å². The number of benzene rings is 1. The molecule has 3 rings (SSSR count). The van der Waals surface area contributed by atoms with Crippen molar-refractivity contribution >= 4 is 34.3 Å². The molecule has 2 heterocycles. The van der Waals surface area contributed by atoms with Gasteiger partial charge in [-0.1, -0.05) is 0 Å². The van der Waals surface area contributed by atoms with Crippen molar-refractivity contribution in [3.8, 4) is 0 Å². The van der Waals surface area contributed by atoms with Gasteiger partial charge in [-0.25, -0.2) is 4.98 Å². The largest absolute Gasteiger partial charge is 0.449 e. The number of anilines is 2. The Balaban J connectivity index is 1.76. The molecule has 1 aromatic carbocycles. The number of carbonyl (C=O) groups is 2. The number of nitrogens with zero attached hydrogens (tertiary/aromatic N) is 1. The highest BCUT2D eigenvalue weighted by Gasteiger charge is 2.13. The molecule has 2 amide bonds. The first-order chi connectivity index (χ1) is 11.0. The van der Waals surface area contributed by atoms with Crippen LogP contribution in [-0.4, -0.2) is 16.8 Å². The van der Waals surface area contributed by atoms with Crippen LogP contribution in [0.15, 0.2) is 46.9 Å². The third-order valence-corrected chi connectivity index (χ3v) is 3.20. The summed E-state index contributed by atoms with van der Waals surface area (Å²) in [5, 5.41) is 5.40. The third-order valence-electron chi connectivity index (χ3n) is 3.20. The molecule has 0 spiro atoms. The second kappa shape index (κ2) is 5.92. The number of hydrogen-bond acceptors (Lipinski definition) is 4. The second-order valence-corrected chi connectivity index (χ2v) is 5.16. The number of aryl methyl sites for hydroxylation is 1. The summed E-state index contributed by atoms with van der Waals surface area (Å²) in [7, 11) is 0. The first-order valence-corrected chi connectivity index (χ1v) is 7.07. The average Bonchev–Trinajstić information content (AvgIpc) is 2.92. The van der Waals surface area contributed by atoms with Crippen molar-refractivity contribution in [1.29, 1.82) is 0 Å². The highest BCUT2D eigenvalue weighted by Crippen LogP contribution is 2.20. The predicted molar refractivity (Wildman–Crippen MR) is 87.4 cm³/mol. The molecule has 0 aliphatic heterocycles. The maximum Gasteiger partial charge on any atom is 0.291 e. The van der Waals surface area contributed by atoms with Crippen LogP contribution in [0.25, 0.3) is 11.1 Å². The summed E-state index contributed by atoms with van der Waals surface area (Å²) in [5.41, 5.74) is 3.35. The molecule has 6 nitrogen and oxygen atoms in total. The van der Waals surface area contributed by atoms with Crippen LogP contribution in [0.3, 0.4) is 0 Å². The summed E-state index contributed by atoms with van der Waals surface area (Å²) in [5.74, 6) is -0.302. The summed E-state index contributed by atoms with van der Waals surface area (Å²) < 4.78 is 5.50. The molecule has 2 N–H and O–H groups in total. The minimum absolute atomic E-state index is 0.146. The van der Waals surface area contributed by atoms with Gasteiger partial charge in [-0.3, -0.25) is 9.59 Å². The molecule has 0 bridgehead atoms. The van der Waals surface area contributed by atoms with Gasteiger partial charge in [0.25, 0.3) is 5.91 Å². The van der Waals surface area contributed by atoms with Gasteiger partial charge in [-0.2, -0.15) is 0 Å². The smallest absolute Gasteiger partial charge is 0.291 e. The third kappa shape index (κ3) is 3.37. The lowest BCUT2D eigenvalue weighted by atomic mass is 10.2. The van der Waals surface area contributed by atoms with Crippen molar-refractivity contribution in [2.24, 2.45) is 0 Å². The van der Waals surface area contributed by atoms with Crippen LogP contribution in [0, 0.1) is 6.92 Å². The van der Waals surface area contributed by atoms with Gasteiger partial charge >= 0.3 is 0 Å². The molecule has 0 radical (unpaired) electrons. The Bertz CT molecular complexity index is 882. The van der Waals surface area contributed by atoms with Crippen molar-refractivity contribution in [3.63, 3.8) is 0 Å². The zero-order chi connectivity index (χ0) is 16.4. The highest BCUT2D eigenvalue weighted by atomic mass is 16.3. The Labute approximate surface area is 132 Å². The molecular weight excluding hydrogens is 294 g/mol. The van der Waals surface area contributed by atoms with Gasteiger partial charge in [0.05, 0.1) is 0 Å². The normalized spacial score (nSPS) is 10.5. The fourth-order valence-electron chi connectivity index (χ4n) is 2.17. The van der Waals surface area contributed by atoms with Gasteiger partial charge in [0, 0.05) is 30.1 Å². The monoisotopic (exact) mass is 309 g/mol. The molecule has 0 saturated carbocycles. The van der Waals surface area contributed by atoms with Crippen LogP contribution in [0.5, 0.6) is 0 Å². The minimum Gasteiger partial charge on any atom is -0.449 e. The zero-order valence-electron chi connectivity index (χ0n) is 12.7. The predicted octanol–water partition coefficient (Wildman–Crippen LogP) is 3.35. The van der Waals surface area contributed by atoms with E-state index in [1.807, 2.05) is 13.0 Å². The number of rotatable bonds is 3. The molecule has 116 valence electrons. The van der Waals surface area contributed by atoms with Crippen LogP contribution in [0.4, 0.5) is 11.4 Å². The van der Waals surface area contributed by atoms with Crippen LogP contribution in [0.2, 0.25) is 0 Å². The number of amides is 2. The summed E-state index contributed by atoms with van der Waals surface area (Å²) in [6.45, 7) is 3.32. The van der Waals surface area contributed by atoms with Crippen molar-refractivity contribution < 1.29 is 14.0 Å². The van der Waals surface area contributed by atoms with Gasteiger partial charge in [0.15, 0.2) is 11.3 Å². The van der Waals surface area contributed by atoms with E-state index in [9.17, 15) is 9.59 Å². The molecule has 2 aromatic heterocycles. The average molecular weight is 309 g/mol. The van der Waals surface area contributed by atoms with E-state index in [1.54, 1.807) is 36.4 Å². The van der Waals surface area contributed by atoms with Crippen LogP contribution in [-0.2, 0) is 4.79 Å². The van der Waals surface area contributed by atoms with E-state index in [0.717, 1.165) is 5.69 Å². The maximum atomic E-state index is 12.2. The van der Waals surface area contributed by atoms with E-state index in [4.69, 9.17) is 4.42 Å². The van der Waals surface area contributed by atoms with Crippen LogP contribution >= 0.6 is 0 Å². The quantitative estimate of drug-likeness (QED) is 0.777. The van der Waals surface area contributed by atoms with E-state index in [0.29, 0.717) is 22.5 Å². The Morgan fingerprint density at radius 2 is 1.65 bits per heavy atom. The number of aromatic nitrogens is 1. The molecule has 0 aliphatic rings. The van der Waals surface area contributed by atoms with E-state index >= 15 is 0 Å². The maximum absolute atomic E-state index is 12.2. The molecular formula is C17H15N3O3. The minimum atomic E-state index is -0.354. The lowest BCUT2D eigenvalue weighted by Gasteiger charge is -2.05. The zero-order valence-corrected chi connectivity index (χ0v) is 12.7. The SMILES string of the molecule is CC(=O)Nc1ccc(NC(=O)c2cc3nc(C)ccc3o2)cc1. The summed E-state index contributed by atoms with van der Waals surface area (Å²) >= 11 is 0. The van der Waals surface area contributed by atoms with Crippen molar-refractivity contribution in [3.05, 3.63) is 53.9 Å². The van der Waals surface area contributed by atoms with E-state index < -0.39 is 0 Å². The Hall–Kier alpha value is -3.15. The number of nitrogens with one attached hydrogen (secondary N) is 2. The fraction of sp³-hybridized carbons (Fsp3) is 0.118. The molecule has 0 atom stereocenters. The van der Waals surface area contributed by atoms with Gasteiger partial charge in [0.1, 0.15) is 5.52 Å². The Morgan fingerprint density at radius 1 is 1.00 bits per heavy atom. The number of furan rings is 1. The molecule has 0 aliphatic carbocycles. The fourth-order valence-corrected chi connectivity index (χ4v) is 2.17. The van der Waals surface area contributed by atoms with Crippen LogP contribution < -0.4 is 10.6 Å². The first-order valence-electron chi connectivity index (χ1n) is 7.07. The lowest BCUT2D eigenvalue weighted by Crippen LogP contribution is -2.11. The lowest BCUT2D eigenvalue weighted by molar-refractivity contribution is -0.114. The summed E-state index contributed by atoms with van der Waals surface area (Å²) in [4.78, 5) is 27.5. The van der Waals surface area contributed by atoms with Crippen molar-refractivity contribution in [1.82, 2.24) is 4.98 Å². The topological polar surface area (TPSA) is 84.2 Å². The van der Waals surface area contributed by atoms with Gasteiger partial charge in [0.2, 0.25) is 5.91 Å². The molecule has 0 saturated heterocycles. The molecule has 0 fully saturated rings. The van der Waals surface area contributed by atoms with E-state index in [1.165, 1.54) is 6.92 Å². The number of fused-ring (bicyclic) bond motifs is 1. The van der Waals surface area contributed by atoms with Crippen LogP contribution in [0.1, 0.15) is 23.2 Å². The van der Waals surface area contributed by atoms with Gasteiger partial charge < -0.3 is 15.1 Å². The van der Waals surface area contributed by atoms with Gasteiger partial charge in [-0.15, -0.1) is 0 Å². The number of carbonyl (C=O) groups excluding carboxylic acids is 2. The van der Waals surface area contributed by atoms with Crippen molar-refractivity contribution in [2.45, 2.75) is 13.8 Å². The summed E-state index contributed by atoms with van der Waals surface area (Å²) in [6, 6.07) is 12.1. The standard InChI is InChI=1S/C17H15N3O3/c1-10-3-8-15-14(18-10)9-16(23-15)17(22)20-13-6-4-12(5-7-13)19-11(2)21/h3-9H,1-2H3,(H,19,21)(H,20,22). The van der Waals surface area contributed by atoms with E-state index in [2.05, 4.69) is 15.6 Å². The first kappa shape index (κ1) is 14.8. The molecule has 0 unspecified atom stereocenters. The summed E-state index contributed by atoms with van der Waals surface area (Å²) in [6.07, 6.45) is 0. The van der Waals surface area contributed by atoms with Gasteiger partial charge in [-0.05, 0) is 43.3 Å².